The third-order valence-electron chi connectivity index (χ3n) is 3.73. The highest BCUT2D eigenvalue weighted by atomic mass is 15.2. The molecule has 2 rings (SSSR count). The van der Waals surface area contributed by atoms with Crippen molar-refractivity contribution in [3.05, 3.63) is 30.1 Å². The first kappa shape index (κ1) is 11.6. The van der Waals surface area contributed by atoms with E-state index in [0.717, 1.165) is 6.54 Å². The number of pyridine rings is 1. The smallest absolute Gasteiger partial charge is 0.0598 e. The second-order valence-corrected chi connectivity index (χ2v) is 4.68. The van der Waals surface area contributed by atoms with Crippen LogP contribution in [0.2, 0.25) is 0 Å². The first-order valence-electron chi connectivity index (χ1n) is 6.06. The van der Waals surface area contributed by atoms with Gasteiger partial charge in [0.15, 0.2) is 0 Å². The normalized spacial score (nSPS) is 26.9. The Morgan fingerprint density at radius 2 is 2.38 bits per heavy atom. The maximum Gasteiger partial charge on any atom is 0.0598 e. The first-order chi connectivity index (χ1) is 7.79. The molecule has 2 heterocycles. The molecule has 0 spiro atoms. The number of aromatic nitrogens is 1. The van der Waals surface area contributed by atoms with Gasteiger partial charge < -0.3 is 5.32 Å². The lowest BCUT2D eigenvalue weighted by Crippen LogP contribution is -2.52. The van der Waals surface area contributed by atoms with Crippen molar-refractivity contribution < 1.29 is 0 Å². The summed E-state index contributed by atoms with van der Waals surface area (Å²) in [6.07, 6.45) is 7.69. The minimum absolute atomic E-state index is 0.140. The summed E-state index contributed by atoms with van der Waals surface area (Å²) in [4.78, 5) is 6.74. The Bertz CT molecular complexity index is 321. The molecule has 1 fully saturated rings. The predicted octanol–water partition coefficient (Wildman–Crippen LogP) is 1.61. The maximum absolute atomic E-state index is 4.27. The average Bonchev–Trinajstić information content (AvgIpc) is 2.34. The highest BCUT2D eigenvalue weighted by Gasteiger charge is 2.37. The van der Waals surface area contributed by atoms with Gasteiger partial charge in [-0.1, -0.05) is 6.07 Å². The number of hydrogen-bond acceptors (Lipinski definition) is 3. The Morgan fingerprint density at radius 3 is 3.00 bits per heavy atom. The van der Waals surface area contributed by atoms with Gasteiger partial charge in [-0.25, -0.2) is 0 Å². The van der Waals surface area contributed by atoms with Crippen LogP contribution in [0.4, 0.5) is 0 Å². The van der Waals surface area contributed by atoms with E-state index in [1.54, 1.807) is 0 Å². The number of likely N-dealkylation sites (N-methyl/N-ethyl adjacent to an activating group) is 2. The highest BCUT2D eigenvalue weighted by molar-refractivity contribution is 5.22. The van der Waals surface area contributed by atoms with Crippen molar-refractivity contribution in [2.75, 3.05) is 27.2 Å². The van der Waals surface area contributed by atoms with Crippen molar-refractivity contribution in [3.63, 3.8) is 0 Å². The Balaban J connectivity index is 2.34. The van der Waals surface area contributed by atoms with Crippen LogP contribution >= 0.6 is 0 Å². The molecule has 16 heavy (non-hydrogen) atoms. The fraction of sp³-hybridized carbons (Fsp3) is 0.615. The standard InChI is InChI=1S/C13H21N3/c1-14-11-13(7-3-4-9-16(13)2)12-6-5-8-15-10-12/h5-6,8,10,14H,3-4,7,9,11H2,1-2H3. The fourth-order valence-corrected chi connectivity index (χ4v) is 2.79. The first-order valence-corrected chi connectivity index (χ1v) is 6.06. The van der Waals surface area contributed by atoms with Crippen molar-refractivity contribution in [1.29, 1.82) is 0 Å². The summed E-state index contributed by atoms with van der Waals surface area (Å²) in [7, 11) is 4.25. The molecule has 1 aliphatic heterocycles. The molecule has 1 aromatic rings. The minimum Gasteiger partial charge on any atom is -0.318 e. The van der Waals surface area contributed by atoms with Crippen LogP contribution < -0.4 is 5.32 Å². The SMILES string of the molecule is CNCC1(c2cccnc2)CCCCN1C. The zero-order chi connectivity index (χ0) is 11.4. The van der Waals surface area contributed by atoms with E-state index in [4.69, 9.17) is 0 Å². The van der Waals surface area contributed by atoms with Crippen LogP contribution in [0, 0.1) is 0 Å². The third kappa shape index (κ3) is 1.97. The van der Waals surface area contributed by atoms with E-state index in [1.165, 1.54) is 31.4 Å². The van der Waals surface area contributed by atoms with Gasteiger partial charge in [0.25, 0.3) is 0 Å². The van der Waals surface area contributed by atoms with Crippen molar-refractivity contribution in [3.8, 4) is 0 Å². The van der Waals surface area contributed by atoms with Gasteiger partial charge in [-0.15, -0.1) is 0 Å². The van der Waals surface area contributed by atoms with Gasteiger partial charge in [0.1, 0.15) is 0 Å². The van der Waals surface area contributed by atoms with Crippen LogP contribution in [0.5, 0.6) is 0 Å². The van der Waals surface area contributed by atoms with Crippen LogP contribution in [0.15, 0.2) is 24.5 Å². The average molecular weight is 219 g/mol. The van der Waals surface area contributed by atoms with Crippen LogP contribution in [0.3, 0.4) is 0 Å². The molecule has 0 radical (unpaired) electrons. The molecule has 1 saturated heterocycles. The Hall–Kier alpha value is -0.930. The molecule has 1 N–H and O–H groups in total. The van der Waals surface area contributed by atoms with Crippen LogP contribution in [0.25, 0.3) is 0 Å². The van der Waals surface area contributed by atoms with Crippen molar-refractivity contribution in [1.82, 2.24) is 15.2 Å². The zero-order valence-electron chi connectivity index (χ0n) is 10.2. The second kappa shape index (κ2) is 4.93. The summed E-state index contributed by atoms with van der Waals surface area (Å²) < 4.78 is 0. The summed E-state index contributed by atoms with van der Waals surface area (Å²) in [5.41, 5.74) is 1.48. The summed E-state index contributed by atoms with van der Waals surface area (Å²) >= 11 is 0. The zero-order valence-corrected chi connectivity index (χ0v) is 10.2. The molecule has 1 aliphatic rings. The Kier molecular flexibility index (Phi) is 3.56. The van der Waals surface area contributed by atoms with Gasteiger partial charge in [0.2, 0.25) is 0 Å². The van der Waals surface area contributed by atoms with Gasteiger partial charge in [-0.3, -0.25) is 9.88 Å². The van der Waals surface area contributed by atoms with E-state index < -0.39 is 0 Å². The molecule has 3 heteroatoms. The van der Waals surface area contributed by atoms with Crippen LogP contribution in [0.1, 0.15) is 24.8 Å². The molecule has 88 valence electrons. The Labute approximate surface area is 97.9 Å². The third-order valence-corrected chi connectivity index (χ3v) is 3.73. The largest absolute Gasteiger partial charge is 0.318 e. The van der Waals surface area contributed by atoms with Gasteiger partial charge >= 0.3 is 0 Å². The number of nitrogens with one attached hydrogen (secondary N) is 1. The predicted molar refractivity (Wildman–Crippen MR) is 66.3 cm³/mol. The molecule has 1 aromatic heterocycles. The molecule has 0 bridgehead atoms. The summed E-state index contributed by atoms with van der Waals surface area (Å²) in [5, 5.41) is 3.34. The fourth-order valence-electron chi connectivity index (χ4n) is 2.79. The molecular weight excluding hydrogens is 198 g/mol. The maximum atomic E-state index is 4.27. The van der Waals surface area contributed by atoms with Crippen LogP contribution in [-0.2, 0) is 5.54 Å². The quantitative estimate of drug-likeness (QED) is 0.837. The van der Waals surface area contributed by atoms with Gasteiger partial charge in [-0.05, 0) is 51.5 Å². The number of hydrogen-bond donors (Lipinski definition) is 1. The number of piperidine rings is 1. The van der Waals surface area contributed by atoms with Gasteiger partial charge in [0, 0.05) is 18.9 Å². The lowest BCUT2D eigenvalue weighted by molar-refractivity contribution is 0.0713. The Morgan fingerprint density at radius 1 is 1.50 bits per heavy atom. The molecule has 0 aromatic carbocycles. The monoisotopic (exact) mass is 219 g/mol. The summed E-state index contributed by atoms with van der Waals surface area (Å²) in [6.45, 7) is 2.17. The molecule has 1 atom stereocenters. The van der Waals surface area contributed by atoms with E-state index in [1.807, 2.05) is 25.5 Å². The highest BCUT2D eigenvalue weighted by Crippen LogP contribution is 2.35. The topological polar surface area (TPSA) is 28.2 Å². The summed E-state index contributed by atoms with van der Waals surface area (Å²) in [5.74, 6) is 0. The second-order valence-electron chi connectivity index (χ2n) is 4.68. The van der Waals surface area contributed by atoms with Gasteiger partial charge in [-0.2, -0.15) is 0 Å². The van der Waals surface area contributed by atoms with E-state index in [2.05, 4.69) is 28.3 Å². The molecule has 0 amide bonds. The number of nitrogens with zero attached hydrogens (tertiary/aromatic N) is 2. The van der Waals surface area contributed by atoms with Crippen molar-refractivity contribution in [2.24, 2.45) is 0 Å². The van der Waals surface area contributed by atoms with Gasteiger partial charge in [0.05, 0.1) is 5.54 Å². The molecule has 0 saturated carbocycles. The van der Waals surface area contributed by atoms with E-state index in [-0.39, 0.29) is 5.54 Å². The van der Waals surface area contributed by atoms with E-state index >= 15 is 0 Å². The number of rotatable bonds is 3. The van der Waals surface area contributed by atoms with Crippen LogP contribution in [-0.4, -0.2) is 37.1 Å². The molecule has 0 aliphatic carbocycles. The van der Waals surface area contributed by atoms with Crippen molar-refractivity contribution in [2.45, 2.75) is 24.8 Å². The lowest BCUT2D eigenvalue weighted by atomic mass is 9.81. The van der Waals surface area contributed by atoms with E-state index in [9.17, 15) is 0 Å². The van der Waals surface area contributed by atoms with E-state index in [0.29, 0.717) is 0 Å². The molecule has 1 unspecified atom stereocenters. The molecule has 3 nitrogen and oxygen atoms in total. The number of likely N-dealkylation sites (tertiary alicyclic amines) is 1. The molecular formula is C13H21N3. The minimum atomic E-state index is 0.140. The van der Waals surface area contributed by atoms with Crippen molar-refractivity contribution >= 4 is 0 Å². The lowest BCUT2D eigenvalue weighted by Gasteiger charge is -2.45. The summed E-state index contributed by atoms with van der Waals surface area (Å²) in [6, 6.07) is 4.24.